The lowest BCUT2D eigenvalue weighted by molar-refractivity contribution is -0.134. The maximum atomic E-state index is 12.5. The first-order chi connectivity index (χ1) is 11.6. The number of rotatable bonds is 5. The number of nitrogens with zero attached hydrogens (tertiary/aromatic N) is 3. The molecule has 1 fully saturated rings. The summed E-state index contributed by atoms with van der Waals surface area (Å²) in [5.74, 6) is 2.17. The predicted octanol–water partition coefficient (Wildman–Crippen LogP) is 3.25. The minimum absolute atomic E-state index is 0.0474. The molecule has 3 rings (SSSR count). The number of imidazole rings is 1. The van der Waals surface area contributed by atoms with Crippen LogP contribution >= 0.6 is 0 Å². The average Bonchev–Trinajstić information content (AvgIpc) is 3.11. The highest BCUT2D eigenvalue weighted by Crippen LogP contribution is 2.27. The first kappa shape index (κ1) is 16.6. The SMILES string of the molecule is CC(C)n1ccnc1C1CCCN(C(=O)COc2ccccc2)C1. The lowest BCUT2D eigenvalue weighted by Gasteiger charge is -2.33. The Kier molecular flexibility index (Phi) is 5.18. The molecule has 24 heavy (non-hydrogen) atoms. The molecule has 1 amide bonds. The number of para-hydroxylation sites is 1. The quantitative estimate of drug-likeness (QED) is 0.847. The van der Waals surface area contributed by atoms with Crippen LogP contribution in [0.2, 0.25) is 0 Å². The third-order valence-corrected chi connectivity index (χ3v) is 4.50. The summed E-state index contributed by atoms with van der Waals surface area (Å²) < 4.78 is 7.80. The molecule has 1 aliphatic heterocycles. The van der Waals surface area contributed by atoms with Crippen LogP contribution in [0.4, 0.5) is 0 Å². The number of ether oxygens (including phenoxy) is 1. The van der Waals surface area contributed by atoms with E-state index < -0.39 is 0 Å². The number of carbonyl (C=O) groups excluding carboxylic acids is 1. The zero-order valence-electron chi connectivity index (χ0n) is 14.4. The molecule has 5 heteroatoms. The molecule has 0 bridgehead atoms. The van der Waals surface area contributed by atoms with Gasteiger partial charge in [-0.05, 0) is 38.8 Å². The number of hydrogen-bond donors (Lipinski definition) is 0. The fraction of sp³-hybridized carbons (Fsp3) is 0.474. The minimum Gasteiger partial charge on any atom is -0.484 e. The molecular formula is C19H25N3O2. The van der Waals surface area contributed by atoms with Crippen LogP contribution in [0, 0.1) is 0 Å². The maximum Gasteiger partial charge on any atom is 0.260 e. The molecule has 1 atom stereocenters. The van der Waals surface area contributed by atoms with Crippen molar-refractivity contribution < 1.29 is 9.53 Å². The third kappa shape index (κ3) is 3.78. The Morgan fingerprint density at radius 1 is 1.33 bits per heavy atom. The molecule has 0 N–H and O–H groups in total. The molecule has 0 radical (unpaired) electrons. The van der Waals surface area contributed by atoms with Crippen LogP contribution in [-0.4, -0.2) is 40.1 Å². The second-order valence-electron chi connectivity index (χ2n) is 6.57. The van der Waals surface area contributed by atoms with Crippen molar-refractivity contribution >= 4 is 5.91 Å². The summed E-state index contributed by atoms with van der Waals surface area (Å²) in [6, 6.07) is 9.86. The largest absolute Gasteiger partial charge is 0.484 e. The average molecular weight is 327 g/mol. The number of hydrogen-bond acceptors (Lipinski definition) is 3. The fourth-order valence-corrected chi connectivity index (χ4v) is 3.24. The molecule has 2 aromatic rings. The summed E-state index contributed by atoms with van der Waals surface area (Å²) in [7, 11) is 0. The molecule has 0 saturated carbocycles. The summed E-state index contributed by atoms with van der Waals surface area (Å²) in [5.41, 5.74) is 0. The zero-order chi connectivity index (χ0) is 16.9. The second kappa shape index (κ2) is 7.51. The molecule has 1 unspecified atom stereocenters. The molecule has 1 saturated heterocycles. The van der Waals surface area contributed by atoms with Crippen molar-refractivity contribution in [3.05, 3.63) is 48.5 Å². The van der Waals surface area contributed by atoms with E-state index in [1.807, 2.05) is 47.6 Å². The summed E-state index contributed by atoms with van der Waals surface area (Å²) in [6.45, 7) is 5.93. The van der Waals surface area contributed by atoms with E-state index in [-0.39, 0.29) is 12.5 Å². The topological polar surface area (TPSA) is 47.4 Å². The molecule has 5 nitrogen and oxygen atoms in total. The van der Waals surface area contributed by atoms with Gasteiger partial charge in [0.05, 0.1) is 0 Å². The number of carbonyl (C=O) groups is 1. The highest BCUT2D eigenvalue weighted by molar-refractivity contribution is 5.78. The van der Waals surface area contributed by atoms with Gasteiger partial charge in [0.1, 0.15) is 11.6 Å². The Bertz CT molecular complexity index is 666. The van der Waals surface area contributed by atoms with Crippen LogP contribution in [0.15, 0.2) is 42.7 Å². The van der Waals surface area contributed by atoms with E-state index in [1.54, 1.807) is 0 Å². The number of aromatic nitrogens is 2. The molecule has 0 aliphatic carbocycles. The summed E-state index contributed by atoms with van der Waals surface area (Å²) in [4.78, 5) is 18.9. The molecule has 1 aliphatic rings. The summed E-state index contributed by atoms with van der Waals surface area (Å²) in [6.07, 6.45) is 5.97. The zero-order valence-corrected chi connectivity index (χ0v) is 14.4. The van der Waals surface area contributed by atoms with E-state index in [9.17, 15) is 4.79 Å². The van der Waals surface area contributed by atoms with Crippen molar-refractivity contribution in [2.75, 3.05) is 19.7 Å². The Hall–Kier alpha value is -2.30. The number of benzene rings is 1. The van der Waals surface area contributed by atoms with Gasteiger partial charge in [0.25, 0.3) is 5.91 Å². The molecular weight excluding hydrogens is 302 g/mol. The van der Waals surface area contributed by atoms with Gasteiger partial charge < -0.3 is 14.2 Å². The third-order valence-electron chi connectivity index (χ3n) is 4.50. The monoisotopic (exact) mass is 327 g/mol. The van der Waals surface area contributed by atoms with E-state index in [4.69, 9.17) is 4.74 Å². The lowest BCUT2D eigenvalue weighted by atomic mass is 9.97. The van der Waals surface area contributed by atoms with Gasteiger partial charge >= 0.3 is 0 Å². The van der Waals surface area contributed by atoms with Gasteiger partial charge in [-0.3, -0.25) is 4.79 Å². The first-order valence-corrected chi connectivity index (χ1v) is 8.63. The predicted molar refractivity (Wildman–Crippen MR) is 93.1 cm³/mol. The van der Waals surface area contributed by atoms with Crippen molar-refractivity contribution in [1.82, 2.24) is 14.5 Å². The van der Waals surface area contributed by atoms with Crippen molar-refractivity contribution in [2.24, 2.45) is 0 Å². The first-order valence-electron chi connectivity index (χ1n) is 8.63. The highest BCUT2D eigenvalue weighted by Gasteiger charge is 2.27. The normalized spacial score (nSPS) is 18.0. The fourth-order valence-electron chi connectivity index (χ4n) is 3.24. The molecule has 1 aromatic heterocycles. The van der Waals surface area contributed by atoms with Gasteiger partial charge in [-0.2, -0.15) is 0 Å². The van der Waals surface area contributed by atoms with Crippen LogP contribution in [0.3, 0.4) is 0 Å². The van der Waals surface area contributed by atoms with Crippen LogP contribution < -0.4 is 4.74 Å². The van der Waals surface area contributed by atoms with E-state index >= 15 is 0 Å². The van der Waals surface area contributed by atoms with Crippen LogP contribution in [0.5, 0.6) is 5.75 Å². The summed E-state index contributed by atoms with van der Waals surface area (Å²) >= 11 is 0. The Morgan fingerprint density at radius 2 is 2.12 bits per heavy atom. The Labute approximate surface area is 143 Å². The number of piperidine rings is 1. The van der Waals surface area contributed by atoms with Gasteiger partial charge in [0.2, 0.25) is 0 Å². The van der Waals surface area contributed by atoms with E-state index in [1.165, 1.54) is 0 Å². The minimum atomic E-state index is 0.0474. The van der Waals surface area contributed by atoms with Crippen molar-refractivity contribution in [1.29, 1.82) is 0 Å². The van der Waals surface area contributed by atoms with Gasteiger partial charge in [-0.25, -0.2) is 4.98 Å². The molecule has 2 heterocycles. The smallest absolute Gasteiger partial charge is 0.260 e. The van der Waals surface area contributed by atoms with E-state index in [0.29, 0.717) is 12.0 Å². The van der Waals surface area contributed by atoms with Crippen LogP contribution in [0.1, 0.15) is 44.5 Å². The van der Waals surface area contributed by atoms with Crippen molar-refractivity contribution in [3.8, 4) is 5.75 Å². The standard InChI is InChI=1S/C19H25N3O2/c1-15(2)22-12-10-20-19(22)16-7-6-11-21(13-16)18(23)14-24-17-8-4-3-5-9-17/h3-5,8-10,12,15-16H,6-7,11,13-14H2,1-2H3. The molecule has 128 valence electrons. The van der Waals surface area contributed by atoms with Crippen LogP contribution in [-0.2, 0) is 4.79 Å². The number of likely N-dealkylation sites (tertiary alicyclic amines) is 1. The van der Waals surface area contributed by atoms with Crippen LogP contribution in [0.25, 0.3) is 0 Å². The van der Waals surface area contributed by atoms with Gasteiger partial charge in [-0.1, -0.05) is 18.2 Å². The molecule has 1 aromatic carbocycles. The van der Waals surface area contributed by atoms with Crippen molar-refractivity contribution in [3.63, 3.8) is 0 Å². The van der Waals surface area contributed by atoms with E-state index in [0.717, 1.165) is 37.5 Å². The van der Waals surface area contributed by atoms with Gasteiger partial charge in [-0.15, -0.1) is 0 Å². The summed E-state index contributed by atoms with van der Waals surface area (Å²) in [5, 5.41) is 0. The van der Waals surface area contributed by atoms with Gasteiger partial charge in [0.15, 0.2) is 6.61 Å². The molecule has 0 spiro atoms. The second-order valence-corrected chi connectivity index (χ2v) is 6.57. The number of amides is 1. The lowest BCUT2D eigenvalue weighted by Crippen LogP contribution is -2.42. The Morgan fingerprint density at radius 3 is 2.88 bits per heavy atom. The highest BCUT2D eigenvalue weighted by atomic mass is 16.5. The van der Waals surface area contributed by atoms with Gasteiger partial charge in [0, 0.05) is 37.4 Å². The Balaban J connectivity index is 1.60. The van der Waals surface area contributed by atoms with Crippen molar-refractivity contribution in [2.45, 2.75) is 38.6 Å². The maximum absolute atomic E-state index is 12.5. The van der Waals surface area contributed by atoms with E-state index in [2.05, 4.69) is 23.4 Å².